The van der Waals surface area contributed by atoms with Gasteiger partial charge in [-0.2, -0.15) is 5.10 Å². The van der Waals surface area contributed by atoms with E-state index >= 15 is 0 Å². The predicted molar refractivity (Wildman–Crippen MR) is 86.3 cm³/mol. The minimum absolute atomic E-state index is 0.259. The van der Waals surface area contributed by atoms with E-state index in [0.29, 0.717) is 0 Å². The summed E-state index contributed by atoms with van der Waals surface area (Å²) in [5, 5.41) is 4.61. The van der Waals surface area contributed by atoms with Gasteiger partial charge in [-0.1, -0.05) is 18.2 Å². The number of hydrogen-bond donors (Lipinski definition) is 0. The van der Waals surface area contributed by atoms with Crippen molar-refractivity contribution in [2.45, 2.75) is 6.92 Å². The van der Waals surface area contributed by atoms with E-state index in [0.717, 1.165) is 33.9 Å². The molecule has 0 unspecified atom stereocenters. The zero-order chi connectivity index (χ0) is 15.8. The third-order valence-corrected chi connectivity index (χ3v) is 3.75. The third-order valence-electron chi connectivity index (χ3n) is 3.75. The van der Waals surface area contributed by atoms with Gasteiger partial charge in [0, 0.05) is 18.0 Å². The van der Waals surface area contributed by atoms with Gasteiger partial charge < -0.3 is 0 Å². The lowest BCUT2D eigenvalue weighted by molar-refractivity contribution is 0.628. The van der Waals surface area contributed by atoms with Gasteiger partial charge in [-0.15, -0.1) is 0 Å². The van der Waals surface area contributed by atoms with E-state index in [1.807, 2.05) is 31.2 Å². The summed E-state index contributed by atoms with van der Waals surface area (Å²) >= 11 is 0. The number of nitrogens with zero attached hydrogens (tertiary/aromatic N) is 4. The normalized spacial score (nSPS) is 11.0. The fraction of sp³-hybridized carbons (Fsp3) is 0.0556. The average Bonchev–Trinajstić information content (AvgIpc) is 2.92. The number of aryl methyl sites for hydroxylation is 1. The van der Waals surface area contributed by atoms with Crippen molar-refractivity contribution in [3.8, 4) is 22.5 Å². The van der Waals surface area contributed by atoms with Crippen LogP contribution in [0.15, 0.2) is 60.9 Å². The number of pyridine rings is 1. The molecule has 0 N–H and O–H groups in total. The van der Waals surface area contributed by atoms with Crippen LogP contribution in [0.3, 0.4) is 0 Å². The van der Waals surface area contributed by atoms with E-state index in [2.05, 4.69) is 15.1 Å². The van der Waals surface area contributed by atoms with Gasteiger partial charge >= 0.3 is 0 Å². The highest BCUT2D eigenvalue weighted by Crippen LogP contribution is 2.29. The molecule has 0 radical (unpaired) electrons. The molecule has 1 aromatic carbocycles. The van der Waals surface area contributed by atoms with Crippen LogP contribution < -0.4 is 0 Å². The van der Waals surface area contributed by atoms with Crippen molar-refractivity contribution >= 4 is 5.65 Å². The van der Waals surface area contributed by atoms with Crippen molar-refractivity contribution in [1.82, 2.24) is 19.6 Å². The van der Waals surface area contributed by atoms with E-state index < -0.39 is 0 Å². The molecule has 3 aromatic heterocycles. The van der Waals surface area contributed by atoms with E-state index in [1.165, 1.54) is 12.1 Å². The Morgan fingerprint density at radius 2 is 1.74 bits per heavy atom. The maximum Gasteiger partial charge on any atom is 0.163 e. The van der Waals surface area contributed by atoms with Gasteiger partial charge in [0.25, 0.3) is 0 Å². The molecule has 0 aliphatic rings. The van der Waals surface area contributed by atoms with Crippen LogP contribution in [-0.2, 0) is 0 Å². The first-order chi connectivity index (χ1) is 11.2. The summed E-state index contributed by atoms with van der Waals surface area (Å²) in [5.74, 6) is -0.259. The van der Waals surface area contributed by atoms with Crippen molar-refractivity contribution in [2.24, 2.45) is 0 Å². The molecular formula is C18H13FN4. The first kappa shape index (κ1) is 13.6. The van der Waals surface area contributed by atoms with Crippen LogP contribution in [0, 0.1) is 12.7 Å². The summed E-state index contributed by atoms with van der Waals surface area (Å²) < 4.78 is 15.0. The highest BCUT2D eigenvalue weighted by molar-refractivity contribution is 5.81. The van der Waals surface area contributed by atoms with Gasteiger partial charge in [-0.25, -0.2) is 13.9 Å². The molecule has 0 saturated carbocycles. The topological polar surface area (TPSA) is 43.1 Å². The lowest BCUT2D eigenvalue weighted by atomic mass is 10.1. The van der Waals surface area contributed by atoms with Crippen molar-refractivity contribution in [2.75, 3.05) is 0 Å². The fourth-order valence-corrected chi connectivity index (χ4v) is 2.71. The second-order valence-corrected chi connectivity index (χ2v) is 5.25. The Morgan fingerprint density at radius 3 is 2.48 bits per heavy atom. The molecule has 0 fully saturated rings. The van der Waals surface area contributed by atoms with Gasteiger partial charge in [0.05, 0.1) is 17.1 Å². The molecule has 0 aliphatic carbocycles. The van der Waals surface area contributed by atoms with Gasteiger partial charge in [0.2, 0.25) is 0 Å². The molecule has 4 rings (SSSR count). The highest BCUT2D eigenvalue weighted by atomic mass is 19.1. The Labute approximate surface area is 132 Å². The first-order valence-electron chi connectivity index (χ1n) is 7.26. The number of fused-ring (bicyclic) bond motifs is 1. The number of aromatic nitrogens is 4. The summed E-state index contributed by atoms with van der Waals surface area (Å²) in [4.78, 5) is 8.85. The Hall–Kier alpha value is -3.08. The molecule has 112 valence electrons. The average molecular weight is 304 g/mol. The molecule has 4 aromatic rings. The Bertz CT molecular complexity index is 975. The van der Waals surface area contributed by atoms with Crippen molar-refractivity contribution < 1.29 is 4.39 Å². The predicted octanol–water partition coefficient (Wildman–Crippen LogP) is 3.91. The largest absolute Gasteiger partial charge is 0.255 e. The highest BCUT2D eigenvalue weighted by Gasteiger charge is 2.15. The smallest absolute Gasteiger partial charge is 0.163 e. The summed E-state index contributed by atoms with van der Waals surface area (Å²) in [5.41, 5.74) is 5.07. The van der Waals surface area contributed by atoms with Crippen LogP contribution in [-0.4, -0.2) is 19.6 Å². The number of rotatable bonds is 2. The molecule has 0 amide bonds. The first-order valence-corrected chi connectivity index (χ1v) is 7.26. The molecule has 0 spiro atoms. The van der Waals surface area contributed by atoms with E-state index in [9.17, 15) is 4.39 Å². The minimum Gasteiger partial charge on any atom is -0.255 e. The quantitative estimate of drug-likeness (QED) is 0.564. The fourth-order valence-electron chi connectivity index (χ4n) is 2.71. The minimum atomic E-state index is -0.259. The molecule has 0 atom stereocenters. The summed E-state index contributed by atoms with van der Waals surface area (Å²) in [6.07, 6.45) is 3.49. The van der Waals surface area contributed by atoms with Crippen LogP contribution in [0.25, 0.3) is 28.2 Å². The second kappa shape index (κ2) is 5.28. The SMILES string of the molecule is Cc1nn2c(-c3ccccn3)ccnc2c1-c1ccc(F)cc1. The van der Waals surface area contributed by atoms with Crippen molar-refractivity contribution in [1.29, 1.82) is 0 Å². The molecule has 0 bridgehead atoms. The van der Waals surface area contributed by atoms with Gasteiger partial charge in [0.1, 0.15) is 5.82 Å². The molecule has 5 heteroatoms. The van der Waals surface area contributed by atoms with E-state index in [-0.39, 0.29) is 5.82 Å². The van der Waals surface area contributed by atoms with Crippen molar-refractivity contribution in [3.05, 3.63) is 72.4 Å². The summed E-state index contributed by atoms with van der Waals surface area (Å²) in [6.45, 7) is 1.93. The van der Waals surface area contributed by atoms with Gasteiger partial charge in [0.15, 0.2) is 5.65 Å². The lowest BCUT2D eigenvalue weighted by Crippen LogP contribution is -1.97. The van der Waals surface area contributed by atoms with Gasteiger partial charge in [-0.3, -0.25) is 4.98 Å². The van der Waals surface area contributed by atoms with Crippen LogP contribution in [0.4, 0.5) is 4.39 Å². The Balaban J connectivity index is 1.98. The van der Waals surface area contributed by atoms with Crippen LogP contribution in [0.5, 0.6) is 0 Å². The number of halogens is 1. The summed E-state index contributed by atoms with van der Waals surface area (Å²) in [7, 11) is 0. The van der Waals surface area contributed by atoms with Crippen molar-refractivity contribution in [3.63, 3.8) is 0 Å². The number of hydrogen-bond acceptors (Lipinski definition) is 3. The lowest BCUT2D eigenvalue weighted by Gasteiger charge is -2.04. The summed E-state index contributed by atoms with van der Waals surface area (Å²) in [6, 6.07) is 14.0. The van der Waals surface area contributed by atoms with E-state index in [4.69, 9.17) is 0 Å². The molecule has 0 saturated heterocycles. The third kappa shape index (κ3) is 2.26. The van der Waals surface area contributed by atoms with Crippen LogP contribution in [0.2, 0.25) is 0 Å². The Morgan fingerprint density at radius 1 is 0.913 bits per heavy atom. The Kier molecular flexibility index (Phi) is 3.12. The molecule has 23 heavy (non-hydrogen) atoms. The zero-order valence-electron chi connectivity index (χ0n) is 12.4. The molecular weight excluding hydrogens is 291 g/mol. The standard InChI is InChI=1S/C18H13FN4/c1-12-17(13-5-7-14(19)8-6-13)18-21-11-9-16(23(18)22-12)15-4-2-3-10-20-15/h2-11H,1H3. The molecule has 3 heterocycles. The zero-order valence-corrected chi connectivity index (χ0v) is 12.4. The van der Waals surface area contributed by atoms with E-state index in [1.54, 1.807) is 29.0 Å². The van der Waals surface area contributed by atoms with Gasteiger partial charge in [-0.05, 0) is 42.8 Å². The van der Waals surface area contributed by atoms with Crippen LogP contribution in [0.1, 0.15) is 5.69 Å². The van der Waals surface area contributed by atoms with Crippen LogP contribution >= 0.6 is 0 Å². The monoisotopic (exact) mass is 304 g/mol. The maximum absolute atomic E-state index is 13.2. The second-order valence-electron chi connectivity index (χ2n) is 5.25. The molecule has 4 nitrogen and oxygen atoms in total. The number of benzene rings is 1. The maximum atomic E-state index is 13.2. The molecule has 0 aliphatic heterocycles.